The Morgan fingerprint density at radius 3 is 2.80 bits per heavy atom. The molecule has 1 atom stereocenters. The standard InChI is InChI=1S/C17H13BrN4OS2/c1-11(15-20-21-16(23-15)14-3-2-10-24-14)25-17-19-8-9-22(17)13-6-4-12(18)5-7-13/h2-11H,1H3. The van der Waals surface area contributed by atoms with Gasteiger partial charge in [0.1, 0.15) is 0 Å². The van der Waals surface area contributed by atoms with Gasteiger partial charge in [0.05, 0.1) is 10.1 Å². The monoisotopic (exact) mass is 432 g/mol. The van der Waals surface area contributed by atoms with E-state index in [1.54, 1.807) is 29.3 Å². The first-order valence-electron chi connectivity index (χ1n) is 7.54. The average molecular weight is 433 g/mol. The summed E-state index contributed by atoms with van der Waals surface area (Å²) in [6.07, 6.45) is 3.74. The van der Waals surface area contributed by atoms with Gasteiger partial charge in [0, 0.05) is 22.6 Å². The van der Waals surface area contributed by atoms with Gasteiger partial charge in [0.25, 0.3) is 5.89 Å². The smallest absolute Gasteiger partial charge is 0.257 e. The van der Waals surface area contributed by atoms with Crippen LogP contribution in [0.15, 0.2) is 68.2 Å². The zero-order valence-corrected chi connectivity index (χ0v) is 16.4. The highest BCUT2D eigenvalue weighted by Crippen LogP contribution is 2.35. The molecule has 126 valence electrons. The minimum Gasteiger partial charge on any atom is -0.419 e. The highest BCUT2D eigenvalue weighted by molar-refractivity contribution is 9.10. The van der Waals surface area contributed by atoms with Gasteiger partial charge in [0.15, 0.2) is 5.16 Å². The third-order valence-corrected chi connectivity index (χ3v) is 5.97. The van der Waals surface area contributed by atoms with Crippen molar-refractivity contribution in [3.8, 4) is 16.5 Å². The molecule has 5 nitrogen and oxygen atoms in total. The molecule has 0 fully saturated rings. The van der Waals surface area contributed by atoms with Crippen molar-refractivity contribution in [3.63, 3.8) is 0 Å². The van der Waals surface area contributed by atoms with Crippen LogP contribution >= 0.6 is 39.0 Å². The van der Waals surface area contributed by atoms with E-state index in [-0.39, 0.29) is 5.25 Å². The lowest BCUT2D eigenvalue weighted by molar-refractivity contribution is 0.510. The second-order valence-corrected chi connectivity index (χ2v) is 8.41. The molecule has 0 aliphatic rings. The summed E-state index contributed by atoms with van der Waals surface area (Å²) in [6, 6.07) is 12.1. The highest BCUT2D eigenvalue weighted by atomic mass is 79.9. The number of thioether (sulfide) groups is 1. The predicted octanol–water partition coefficient (Wildman–Crippen LogP) is 5.60. The van der Waals surface area contributed by atoms with E-state index in [1.807, 2.05) is 59.5 Å². The number of hydrogen-bond donors (Lipinski definition) is 0. The fourth-order valence-corrected chi connectivity index (χ4v) is 4.10. The largest absolute Gasteiger partial charge is 0.419 e. The maximum absolute atomic E-state index is 5.82. The first-order valence-corrected chi connectivity index (χ1v) is 10.1. The summed E-state index contributed by atoms with van der Waals surface area (Å²) in [5.74, 6) is 1.16. The molecule has 0 bridgehead atoms. The molecule has 3 aromatic heterocycles. The van der Waals surface area contributed by atoms with Crippen molar-refractivity contribution in [2.75, 3.05) is 0 Å². The van der Waals surface area contributed by atoms with Crippen LogP contribution in [0.3, 0.4) is 0 Å². The third-order valence-electron chi connectivity index (χ3n) is 3.51. The Labute approximate surface area is 161 Å². The van der Waals surface area contributed by atoms with Crippen LogP contribution in [-0.4, -0.2) is 19.7 Å². The molecular formula is C17H13BrN4OS2. The van der Waals surface area contributed by atoms with E-state index in [2.05, 4.69) is 31.1 Å². The van der Waals surface area contributed by atoms with E-state index in [9.17, 15) is 0 Å². The summed E-state index contributed by atoms with van der Waals surface area (Å²) in [5, 5.41) is 11.2. The second-order valence-electron chi connectivity index (χ2n) is 5.24. The molecule has 0 saturated heterocycles. The number of hydrogen-bond acceptors (Lipinski definition) is 6. The summed E-state index contributed by atoms with van der Waals surface area (Å²) in [7, 11) is 0. The van der Waals surface area contributed by atoms with E-state index >= 15 is 0 Å². The second kappa shape index (κ2) is 7.15. The van der Waals surface area contributed by atoms with Gasteiger partial charge in [-0.3, -0.25) is 4.57 Å². The van der Waals surface area contributed by atoms with Crippen LogP contribution < -0.4 is 0 Å². The Bertz CT molecular complexity index is 963. The van der Waals surface area contributed by atoms with Crippen LogP contribution in [-0.2, 0) is 0 Å². The number of aromatic nitrogens is 4. The number of imidazole rings is 1. The first-order chi connectivity index (χ1) is 12.2. The van der Waals surface area contributed by atoms with Crippen LogP contribution in [0.1, 0.15) is 18.1 Å². The van der Waals surface area contributed by atoms with E-state index < -0.39 is 0 Å². The van der Waals surface area contributed by atoms with Crippen molar-refractivity contribution in [2.24, 2.45) is 0 Å². The summed E-state index contributed by atoms with van der Waals surface area (Å²) >= 11 is 6.63. The summed E-state index contributed by atoms with van der Waals surface area (Å²) < 4.78 is 8.92. The lowest BCUT2D eigenvalue weighted by Crippen LogP contribution is -1.97. The summed E-state index contributed by atoms with van der Waals surface area (Å²) in [5.41, 5.74) is 1.06. The molecule has 8 heteroatoms. The number of thiophene rings is 1. The number of rotatable bonds is 5. The number of benzene rings is 1. The minimum absolute atomic E-state index is 0.00203. The van der Waals surface area contributed by atoms with Crippen LogP contribution in [0.4, 0.5) is 0 Å². The van der Waals surface area contributed by atoms with Crippen LogP contribution in [0.25, 0.3) is 16.5 Å². The van der Waals surface area contributed by atoms with Gasteiger partial charge in [-0.05, 0) is 42.6 Å². The Morgan fingerprint density at radius 2 is 2.04 bits per heavy atom. The first kappa shape index (κ1) is 16.6. The van der Waals surface area contributed by atoms with Crippen LogP contribution in [0.2, 0.25) is 0 Å². The van der Waals surface area contributed by atoms with Gasteiger partial charge in [-0.1, -0.05) is 33.8 Å². The molecule has 25 heavy (non-hydrogen) atoms. The van der Waals surface area contributed by atoms with Gasteiger partial charge >= 0.3 is 0 Å². The van der Waals surface area contributed by atoms with Gasteiger partial charge in [-0.15, -0.1) is 21.5 Å². The van der Waals surface area contributed by atoms with Crippen LogP contribution in [0, 0.1) is 0 Å². The maximum Gasteiger partial charge on any atom is 0.257 e. The van der Waals surface area contributed by atoms with Crippen molar-refractivity contribution in [1.82, 2.24) is 19.7 Å². The normalized spacial score (nSPS) is 12.4. The molecule has 4 aromatic rings. The molecule has 3 heterocycles. The van der Waals surface area contributed by atoms with E-state index in [0.29, 0.717) is 11.8 Å². The molecule has 1 aromatic carbocycles. The lowest BCUT2D eigenvalue weighted by Gasteiger charge is -2.10. The minimum atomic E-state index is -0.00203. The number of halogens is 1. The fourth-order valence-electron chi connectivity index (χ4n) is 2.28. The van der Waals surface area contributed by atoms with E-state index in [0.717, 1.165) is 20.2 Å². The highest BCUT2D eigenvalue weighted by Gasteiger charge is 2.19. The van der Waals surface area contributed by atoms with Crippen molar-refractivity contribution in [2.45, 2.75) is 17.3 Å². The molecule has 0 radical (unpaired) electrons. The summed E-state index contributed by atoms with van der Waals surface area (Å²) in [6.45, 7) is 2.04. The topological polar surface area (TPSA) is 56.7 Å². The molecule has 0 aliphatic carbocycles. The molecule has 0 amide bonds. The van der Waals surface area contributed by atoms with Crippen LogP contribution in [0.5, 0.6) is 0 Å². The molecule has 0 aliphatic heterocycles. The molecular weight excluding hydrogens is 420 g/mol. The van der Waals surface area contributed by atoms with E-state index in [1.165, 1.54) is 0 Å². The zero-order valence-electron chi connectivity index (χ0n) is 13.2. The van der Waals surface area contributed by atoms with Gasteiger partial charge < -0.3 is 4.42 Å². The van der Waals surface area contributed by atoms with Crippen molar-refractivity contribution >= 4 is 39.0 Å². The Balaban J connectivity index is 1.55. The van der Waals surface area contributed by atoms with Crippen molar-refractivity contribution in [1.29, 1.82) is 0 Å². The third kappa shape index (κ3) is 3.56. The Hall–Kier alpha value is -1.90. The Kier molecular flexibility index (Phi) is 4.74. The predicted molar refractivity (Wildman–Crippen MR) is 103 cm³/mol. The summed E-state index contributed by atoms with van der Waals surface area (Å²) in [4.78, 5) is 5.44. The van der Waals surface area contributed by atoms with Crippen molar-refractivity contribution < 1.29 is 4.42 Å². The van der Waals surface area contributed by atoms with E-state index in [4.69, 9.17) is 4.42 Å². The maximum atomic E-state index is 5.82. The quantitative estimate of drug-likeness (QED) is 0.384. The van der Waals surface area contributed by atoms with Gasteiger partial charge in [0.2, 0.25) is 5.89 Å². The average Bonchev–Trinajstić information content (AvgIpc) is 3.36. The molecule has 0 N–H and O–H groups in total. The Morgan fingerprint density at radius 1 is 1.20 bits per heavy atom. The molecule has 1 unspecified atom stereocenters. The SMILES string of the molecule is CC(Sc1nccn1-c1ccc(Br)cc1)c1nnc(-c2cccs2)o1. The number of nitrogens with zero attached hydrogens (tertiary/aromatic N) is 4. The molecule has 0 spiro atoms. The molecule has 0 saturated carbocycles. The fraction of sp³-hybridized carbons (Fsp3) is 0.118. The van der Waals surface area contributed by atoms with Gasteiger partial charge in [-0.2, -0.15) is 0 Å². The lowest BCUT2D eigenvalue weighted by atomic mass is 10.3. The van der Waals surface area contributed by atoms with Crippen molar-refractivity contribution in [3.05, 3.63) is 64.5 Å². The van der Waals surface area contributed by atoms with Gasteiger partial charge in [-0.25, -0.2) is 4.98 Å². The molecule has 4 rings (SSSR count). The zero-order chi connectivity index (χ0) is 17.2.